The van der Waals surface area contributed by atoms with E-state index in [0.29, 0.717) is 0 Å². The number of hydrogen-bond donors (Lipinski definition) is 0. The number of rotatable bonds is 14. The number of benzene rings is 2. The van der Waals surface area contributed by atoms with Gasteiger partial charge in [0, 0.05) is 5.41 Å². The lowest BCUT2D eigenvalue weighted by molar-refractivity contribution is 0.396. The molecule has 0 unspecified atom stereocenters. The molecule has 0 bridgehead atoms. The molecule has 0 saturated heterocycles. The molecular formula is C37H58. The van der Waals surface area contributed by atoms with Gasteiger partial charge in [-0.3, -0.25) is 0 Å². The maximum Gasteiger partial charge on any atom is 0.0215 e. The summed E-state index contributed by atoms with van der Waals surface area (Å²) >= 11 is 0. The predicted octanol–water partition coefficient (Wildman–Crippen LogP) is 12.0. The van der Waals surface area contributed by atoms with Crippen LogP contribution in [0.1, 0.15) is 168 Å². The maximum atomic E-state index is 2.63. The lowest BCUT2D eigenvalue weighted by atomic mass is 9.69. The molecule has 0 fully saturated rings. The molecule has 2 aromatic rings. The molecule has 2 aromatic carbocycles. The van der Waals surface area contributed by atoms with Crippen LogP contribution >= 0.6 is 0 Å². The summed E-state index contributed by atoms with van der Waals surface area (Å²) in [7, 11) is 0. The van der Waals surface area contributed by atoms with Crippen LogP contribution in [0.25, 0.3) is 11.1 Å². The minimum atomic E-state index is 0.169. The van der Waals surface area contributed by atoms with Crippen LogP contribution in [0.5, 0.6) is 0 Å². The second-order valence-corrected chi connectivity index (χ2v) is 14.1. The molecule has 0 aliphatic heterocycles. The molecule has 0 aromatic heterocycles. The molecular weight excluding hydrogens is 444 g/mol. The van der Waals surface area contributed by atoms with Crippen molar-refractivity contribution in [3.05, 3.63) is 58.7 Å². The highest BCUT2D eigenvalue weighted by molar-refractivity contribution is 5.82. The highest BCUT2D eigenvalue weighted by Gasteiger charge is 2.43. The molecule has 0 nitrogen and oxygen atoms in total. The smallest absolute Gasteiger partial charge is 0.0215 e. The Morgan fingerprint density at radius 1 is 0.486 bits per heavy atom. The Kier molecular flexibility index (Phi) is 10.5. The Balaban J connectivity index is 2.04. The Morgan fingerprint density at radius 2 is 0.838 bits per heavy atom. The predicted molar refractivity (Wildman–Crippen MR) is 166 cm³/mol. The highest BCUT2D eigenvalue weighted by atomic mass is 14.5. The Bertz CT molecular complexity index is 897. The third-order valence-electron chi connectivity index (χ3n) is 9.01. The van der Waals surface area contributed by atoms with Gasteiger partial charge >= 0.3 is 0 Å². The number of fused-ring (bicyclic) bond motifs is 3. The molecule has 0 spiro atoms. The zero-order valence-corrected chi connectivity index (χ0v) is 25.9. The first kappa shape index (κ1) is 30.0. The molecule has 0 atom stereocenters. The van der Waals surface area contributed by atoms with E-state index in [1.54, 1.807) is 11.1 Å². The molecule has 0 saturated carbocycles. The largest absolute Gasteiger partial charge is 0.0654 e. The van der Waals surface area contributed by atoms with Gasteiger partial charge in [-0.2, -0.15) is 0 Å². The van der Waals surface area contributed by atoms with Crippen LogP contribution in [0.4, 0.5) is 0 Å². The first-order valence-corrected chi connectivity index (χ1v) is 15.8. The van der Waals surface area contributed by atoms with E-state index in [4.69, 9.17) is 0 Å². The zero-order chi connectivity index (χ0) is 27.1. The van der Waals surface area contributed by atoms with Crippen LogP contribution in [0.2, 0.25) is 0 Å². The van der Waals surface area contributed by atoms with Crippen LogP contribution in [0, 0.1) is 0 Å². The third kappa shape index (κ3) is 7.30. The SMILES string of the molecule is CCCCCCCCC1(CCCCCCCC)c2cc(C(C)(C)C)ccc2-c2ccc(C(C)(C)C)cc21. The highest BCUT2D eigenvalue weighted by Crippen LogP contribution is 2.55. The fourth-order valence-electron chi connectivity index (χ4n) is 6.51. The summed E-state index contributed by atoms with van der Waals surface area (Å²) in [5.41, 5.74) is 9.81. The number of unbranched alkanes of at least 4 members (excludes halogenated alkanes) is 10. The van der Waals surface area contributed by atoms with Crippen molar-refractivity contribution in [2.75, 3.05) is 0 Å². The van der Waals surface area contributed by atoms with Crippen molar-refractivity contribution < 1.29 is 0 Å². The molecule has 0 amide bonds. The van der Waals surface area contributed by atoms with Crippen LogP contribution < -0.4 is 0 Å². The van der Waals surface area contributed by atoms with Crippen molar-refractivity contribution in [1.29, 1.82) is 0 Å². The molecule has 3 rings (SSSR count). The Morgan fingerprint density at radius 3 is 1.19 bits per heavy atom. The Hall–Kier alpha value is -1.56. The second kappa shape index (κ2) is 13.0. The van der Waals surface area contributed by atoms with E-state index in [-0.39, 0.29) is 16.2 Å². The molecule has 206 valence electrons. The monoisotopic (exact) mass is 502 g/mol. The van der Waals surface area contributed by atoms with E-state index in [1.807, 2.05) is 0 Å². The van der Waals surface area contributed by atoms with Gasteiger partial charge in [-0.05, 0) is 57.1 Å². The van der Waals surface area contributed by atoms with Gasteiger partial charge < -0.3 is 0 Å². The normalized spacial score (nSPS) is 14.6. The van der Waals surface area contributed by atoms with Gasteiger partial charge in [0.05, 0.1) is 0 Å². The summed E-state index contributed by atoms with van der Waals surface area (Å²) in [6.07, 6.45) is 19.1. The summed E-state index contributed by atoms with van der Waals surface area (Å²) < 4.78 is 0. The van der Waals surface area contributed by atoms with Gasteiger partial charge in [-0.1, -0.05) is 169 Å². The van der Waals surface area contributed by atoms with Gasteiger partial charge in [0.15, 0.2) is 0 Å². The van der Waals surface area contributed by atoms with Crippen molar-refractivity contribution >= 4 is 0 Å². The summed E-state index contributed by atoms with van der Waals surface area (Å²) in [4.78, 5) is 0. The lowest BCUT2D eigenvalue weighted by Crippen LogP contribution is -2.27. The standard InChI is InChI=1S/C37H58/c1-9-11-13-15-17-19-25-37(26-20-18-16-14-12-10-2)33-27-29(35(3,4)5)21-23-31(33)32-24-22-30(28-34(32)37)36(6,7)8/h21-24,27-28H,9-20,25-26H2,1-8H3. The van der Waals surface area contributed by atoms with Crippen molar-refractivity contribution in [3.63, 3.8) is 0 Å². The van der Waals surface area contributed by atoms with Gasteiger partial charge in [0.1, 0.15) is 0 Å². The number of hydrogen-bond acceptors (Lipinski definition) is 0. The summed E-state index contributed by atoms with van der Waals surface area (Å²) in [5, 5.41) is 0. The quantitative estimate of drug-likeness (QED) is 0.225. The van der Waals surface area contributed by atoms with Gasteiger partial charge in [0.25, 0.3) is 0 Å². The van der Waals surface area contributed by atoms with E-state index in [0.717, 1.165) is 0 Å². The summed E-state index contributed by atoms with van der Waals surface area (Å²) in [6.45, 7) is 18.9. The van der Waals surface area contributed by atoms with Crippen molar-refractivity contribution in [2.24, 2.45) is 0 Å². The van der Waals surface area contributed by atoms with E-state index in [1.165, 1.54) is 112 Å². The van der Waals surface area contributed by atoms with Crippen LogP contribution in [0.3, 0.4) is 0 Å². The molecule has 37 heavy (non-hydrogen) atoms. The van der Waals surface area contributed by atoms with E-state index in [2.05, 4.69) is 91.8 Å². The topological polar surface area (TPSA) is 0 Å². The lowest BCUT2D eigenvalue weighted by Gasteiger charge is -2.35. The zero-order valence-electron chi connectivity index (χ0n) is 25.9. The molecule has 0 heteroatoms. The summed E-state index contributed by atoms with van der Waals surface area (Å²) in [6, 6.07) is 15.0. The van der Waals surface area contributed by atoms with E-state index in [9.17, 15) is 0 Å². The molecule has 0 heterocycles. The van der Waals surface area contributed by atoms with Crippen LogP contribution in [-0.2, 0) is 16.2 Å². The van der Waals surface area contributed by atoms with Crippen LogP contribution in [-0.4, -0.2) is 0 Å². The fraction of sp³-hybridized carbons (Fsp3) is 0.676. The van der Waals surface area contributed by atoms with Gasteiger partial charge in [-0.25, -0.2) is 0 Å². The van der Waals surface area contributed by atoms with Gasteiger partial charge in [-0.15, -0.1) is 0 Å². The van der Waals surface area contributed by atoms with E-state index >= 15 is 0 Å². The minimum absolute atomic E-state index is 0.169. The maximum absolute atomic E-state index is 2.63. The van der Waals surface area contributed by atoms with Crippen molar-refractivity contribution in [1.82, 2.24) is 0 Å². The van der Waals surface area contributed by atoms with E-state index < -0.39 is 0 Å². The second-order valence-electron chi connectivity index (χ2n) is 14.1. The first-order valence-electron chi connectivity index (χ1n) is 15.8. The average molecular weight is 503 g/mol. The van der Waals surface area contributed by atoms with Gasteiger partial charge in [0.2, 0.25) is 0 Å². The molecule has 0 N–H and O–H groups in total. The summed E-state index contributed by atoms with van der Waals surface area (Å²) in [5.74, 6) is 0. The molecule has 1 aliphatic rings. The minimum Gasteiger partial charge on any atom is -0.0654 e. The van der Waals surface area contributed by atoms with Crippen molar-refractivity contribution in [3.8, 4) is 11.1 Å². The van der Waals surface area contributed by atoms with Crippen LogP contribution in [0.15, 0.2) is 36.4 Å². The molecule has 1 aliphatic carbocycles. The molecule has 0 radical (unpaired) electrons. The first-order chi connectivity index (χ1) is 17.5. The third-order valence-corrected chi connectivity index (χ3v) is 9.01. The Labute approximate surface area is 231 Å². The van der Waals surface area contributed by atoms with Crippen molar-refractivity contribution in [2.45, 2.75) is 162 Å². The average Bonchev–Trinajstić information content (AvgIpc) is 3.11. The fourth-order valence-corrected chi connectivity index (χ4v) is 6.51.